The SMILES string of the molecule is C#CCN(C)C(=O)c1nc(Cc2ccccc2)n(-c2ccc(C)cc2)n1. The number of nitrogens with zero attached hydrogens (tertiary/aromatic N) is 4. The maximum absolute atomic E-state index is 12.5. The summed E-state index contributed by atoms with van der Waals surface area (Å²) in [7, 11) is 1.64. The monoisotopic (exact) mass is 344 g/mol. The zero-order valence-corrected chi connectivity index (χ0v) is 14.9. The van der Waals surface area contributed by atoms with Gasteiger partial charge in [0, 0.05) is 13.5 Å². The summed E-state index contributed by atoms with van der Waals surface area (Å²) in [6, 6.07) is 17.9. The standard InChI is InChI=1S/C21H20N4O/c1-4-14-24(3)21(26)20-22-19(15-17-8-6-5-7-9-17)25(23-20)18-12-10-16(2)11-13-18/h1,5-13H,14-15H2,2-3H3. The van der Waals surface area contributed by atoms with Gasteiger partial charge in [0.2, 0.25) is 5.82 Å². The van der Waals surface area contributed by atoms with Crippen molar-refractivity contribution in [3.8, 4) is 18.0 Å². The van der Waals surface area contributed by atoms with Crippen molar-refractivity contribution in [1.82, 2.24) is 19.7 Å². The third-order valence-corrected chi connectivity index (χ3v) is 4.02. The van der Waals surface area contributed by atoms with Gasteiger partial charge in [0.05, 0.1) is 12.2 Å². The van der Waals surface area contributed by atoms with Gasteiger partial charge in [0.15, 0.2) is 0 Å². The molecule has 26 heavy (non-hydrogen) atoms. The Balaban J connectivity index is 2.01. The number of rotatable bonds is 5. The van der Waals surface area contributed by atoms with E-state index in [4.69, 9.17) is 6.42 Å². The first kappa shape index (κ1) is 17.4. The molecule has 0 saturated heterocycles. The maximum atomic E-state index is 12.5. The van der Waals surface area contributed by atoms with E-state index in [9.17, 15) is 4.79 Å². The van der Waals surface area contributed by atoms with Crippen molar-refractivity contribution in [2.45, 2.75) is 13.3 Å². The van der Waals surface area contributed by atoms with E-state index in [1.807, 2.05) is 61.5 Å². The van der Waals surface area contributed by atoms with Crippen LogP contribution in [0.15, 0.2) is 54.6 Å². The second-order valence-electron chi connectivity index (χ2n) is 6.13. The molecule has 1 heterocycles. The van der Waals surface area contributed by atoms with E-state index in [1.54, 1.807) is 11.7 Å². The molecule has 0 unspecified atom stereocenters. The van der Waals surface area contributed by atoms with Gasteiger partial charge in [-0.15, -0.1) is 11.5 Å². The average Bonchev–Trinajstić information content (AvgIpc) is 3.06. The van der Waals surface area contributed by atoms with Crippen molar-refractivity contribution < 1.29 is 4.79 Å². The quantitative estimate of drug-likeness (QED) is 0.669. The van der Waals surface area contributed by atoms with Crippen LogP contribution in [-0.2, 0) is 6.42 Å². The lowest BCUT2D eigenvalue weighted by Gasteiger charge is -2.10. The Morgan fingerprint density at radius 2 is 1.85 bits per heavy atom. The average molecular weight is 344 g/mol. The number of carbonyl (C=O) groups is 1. The number of benzene rings is 2. The molecular formula is C21H20N4O. The number of terminal acetylenes is 1. The van der Waals surface area contributed by atoms with Crippen molar-refractivity contribution in [3.63, 3.8) is 0 Å². The van der Waals surface area contributed by atoms with Crippen LogP contribution in [0.25, 0.3) is 5.69 Å². The predicted molar refractivity (Wildman–Crippen MR) is 101 cm³/mol. The fraction of sp³-hybridized carbons (Fsp3) is 0.190. The van der Waals surface area contributed by atoms with Crippen molar-refractivity contribution >= 4 is 5.91 Å². The third kappa shape index (κ3) is 3.81. The van der Waals surface area contributed by atoms with Gasteiger partial charge < -0.3 is 4.90 Å². The molecule has 0 saturated carbocycles. The summed E-state index contributed by atoms with van der Waals surface area (Å²) in [6.45, 7) is 2.24. The summed E-state index contributed by atoms with van der Waals surface area (Å²) in [5.41, 5.74) is 3.13. The van der Waals surface area contributed by atoms with Gasteiger partial charge in [-0.1, -0.05) is 53.9 Å². The molecule has 0 bridgehead atoms. The van der Waals surface area contributed by atoms with E-state index in [1.165, 1.54) is 4.90 Å². The van der Waals surface area contributed by atoms with Crippen LogP contribution in [0.1, 0.15) is 27.6 Å². The Morgan fingerprint density at radius 3 is 2.50 bits per heavy atom. The van der Waals surface area contributed by atoms with Crippen LogP contribution in [-0.4, -0.2) is 39.2 Å². The second-order valence-corrected chi connectivity index (χ2v) is 6.13. The zero-order chi connectivity index (χ0) is 18.5. The largest absolute Gasteiger partial charge is 0.328 e. The van der Waals surface area contributed by atoms with E-state index in [2.05, 4.69) is 16.0 Å². The number of hydrogen-bond acceptors (Lipinski definition) is 3. The highest BCUT2D eigenvalue weighted by atomic mass is 16.2. The summed E-state index contributed by atoms with van der Waals surface area (Å²) >= 11 is 0. The summed E-state index contributed by atoms with van der Waals surface area (Å²) in [5, 5.41) is 4.46. The van der Waals surface area contributed by atoms with Crippen LogP contribution in [0.4, 0.5) is 0 Å². The van der Waals surface area contributed by atoms with Crippen LogP contribution in [0, 0.1) is 19.3 Å². The van der Waals surface area contributed by atoms with Crippen molar-refractivity contribution in [1.29, 1.82) is 0 Å². The molecule has 0 spiro atoms. The van der Waals surface area contributed by atoms with Crippen LogP contribution < -0.4 is 0 Å². The molecule has 0 aliphatic carbocycles. The lowest BCUT2D eigenvalue weighted by molar-refractivity contribution is 0.0800. The van der Waals surface area contributed by atoms with E-state index >= 15 is 0 Å². The molecule has 0 fully saturated rings. The molecular weight excluding hydrogens is 324 g/mol. The van der Waals surface area contributed by atoms with Crippen molar-refractivity contribution in [2.24, 2.45) is 0 Å². The van der Waals surface area contributed by atoms with E-state index in [0.29, 0.717) is 12.2 Å². The summed E-state index contributed by atoms with van der Waals surface area (Å²) < 4.78 is 1.73. The fourth-order valence-corrected chi connectivity index (χ4v) is 2.60. The lowest BCUT2D eigenvalue weighted by atomic mass is 10.1. The molecule has 0 aliphatic rings. The number of aromatic nitrogens is 3. The minimum Gasteiger partial charge on any atom is -0.328 e. The highest BCUT2D eigenvalue weighted by molar-refractivity contribution is 5.90. The van der Waals surface area contributed by atoms with Crippen molar-refractivity contribution in [2.75, 3.05) is 13.6 Å². The first-order valence-corrected chi connectivity index (χ1v) is 8.34. The van der Waals surface area contributed by atoms with Gasteiger partial charge in [0.25, 0.3) is 5.91 Å². The Morgan fingerprint density at radius 1 is 1.15 bits per heavy atom. The fourth-order valence-electron chi connectivity index (χ4n) is 2.60. The number of hydrogen-bond donors (Lipinski definition) is 0. The minimum atomic E-state index is -0.289. The first-order valence-electron chi connectivity index (χ1n) is 8.34. The van der Waals surface area contributed by atoms with Gasteiger partial charge in [0.1, 0.15) is 5.82 Å². The van der Waals surface area contributed by atoms with Gasteiger partial charge in [-0.2, -0.15) is 0 Å². The molecule has 3 aromatic rings. The summed E-state index contributed by atoms with van der Waals surface area (Å²) in [6.07, 6.45) is 5.88. The molecule has 5 heteroatoms. The van der Waals surface area contributed by atoms with Crippen molar-refractivity contribution in [3.05, 3.63) is 77.4 Å². The normalized spacial score (nSPS) is 10.3. The number of carbonyl (C=O) groups excluding carboxylic acids is 1. The topological polar surface area (TPSA) is 51.0 Å². The highest BCUT2D eigenvalue weighted by Gasteiger charge is 2.20. The lowest BCUT2D eigenvalue weighted by Crippen LogP contribution is -2.28. The molecule has 1 amide bonds. The molecule has 5 nitrogen and oxygen atoms in total. The molecule has 3 rings (SSSR count). The Kier molecular flexibility index (Phi) is 5.14. The number of amides is 1. The van der Waals surface area contributed by atoms with E-state index in [0.717, 1.165) is 16.8 Å². The zero-order valence-electron chi connectivity index (χ0n) is 14.9. The molecule has 0 N–H and O–H groups in total. The predicted octanol–water partition coefficient (Wildman–Crippen LogP) is 2.87. The highest BCUT2D eigenvalue weighted by Crippen LogP contribution is 2.15. The van der Waals surface area contributed by atoms with E-state index < -0.39 is 0 Å². The number of aryl methyl sites for hydroxylation is 1. The second kappa shape index (κ2) is 7.66. The smallest absolute Gasteiger partial charge is 0.294 e. The molecule has 2 aromatic carbocycles. The van der Waals surface area contributed by atoms with Gasteiger partial charge in [-0.25, -0.2) is 9.67 Å². The van der Waals surface area contributed by atoms with Gasteiger partial charge in [-0.05, 0) is 24.6 Å². The first-order chi connectivity index (χ1) is 12.6. The minimum absolute atomic E-state index is 0.147. The van der Waals surface area contributed by atoms with Crippen LogP contribution in [0.5, 0.6) is 0 Å². The van der Waals surface area contributed by atoms with Crippen LogP contribution in [0.3, 0.4) is 0 Å². The summed E-state index contributed by atoms with van der Waals surface area (Å²) in [5.74, 6) is 3.02. The molecule has 130 valence electrons. The Labute approximate surface area is 153 Å². The Hall–Kier alpha value is -3.39. The van der Waals surface area contributed by atoms with Gasteiger partial charge >= 0.3 is 0 Å². The summed E-state index contributed by atoms with van der Waals surface area (Å²) in [4.78, 5) is 18.5. The molecule has 0 aliphatic heterocycles. The third-order valence-electron chi connectivity index (χ3n) is 4.02. The van der Waals surface area contributed by atoms with Gasteiger partial charge in [-0.3, -0.25) is 4.79 Å². The Bertz CT molecular complexity index is 936. The van der Waals surface area contributed by atoms with Crippen LogP contribution in [0.2, 0.25) is 0 Å². The molecule has 0 atom stereocenters. The maximum Gasteiger partial charge on any atom is 0.294 e. The van der Waals surface area contributed by atoms with E-state index in [-0.39, 0.29) is 18.3 Å². The molecule has 1 aromatic heterocycles. The van der Waals surface area contributed by atoms with Crippen LogP contribution >= 0.6 is 0 Å². The molecule has 0 radical (unpaired) electrons.